The molecule has 0 bridgehead atoms. The van der Waals surface area contributed by atoms with E-state index in [0.29, 0.717) is 18.0 Å². The number of aromatic nitrogens is 1. The van der Waals surface area contributed by atoms with Gasteiger partial charge in [-0.2, -0.15) is 0 Å². The molecule has 0 saturated heterocycles. The zero-order valence-corrected chi connectivity index (χ0v) is 13.9. The van der Waals surface area contributed by atoms with Crippen LogP contribution in [0, 0.1) is 0 Å². The second-order valence-electron chi connectivity index (χ2n) is 5.52. The van der Waals surface area contributed by atoms with E-state index in [2.05, 4.69) is 22.6 Å². The monoisotopic (exact) mass is 342 g/mol. The van der Waals surface area contributed by atoms with Gasteiger partial charge in [-0.05, 0) is 17.2 Å². The Morgan fingerprint density at radius 3 is 2.58 bits per heavy atom. The first-order valence-corrected chi connectivity index (χ1v) is 8.23. The molecule has 5 heteroatoms. The van der Waals surface area contributed by atoms with Crippen LogP contribution < -0.4 is 5.32 Å². The van der Waals surface area contributed by atoms with Crippen molar-refractivity contribution >= 4 is 11.6 Å². The van der Waals surface area contributed by atoms with E-state index in [1.807, 2.05) is 42.5 Å². The van der Waals surface area contributed by atoms with Crippen molar-refractivity contribution in [1.82, 2.24) is 10.5 Å². The third-order valence-corrected chi connectivity index (χ3v) is 4.24. The summed E-state index contributed by atoms with van der Waals surface area (Å²) < 4.78 is 5.15. The van der Waals surface area contributed by atoms with Gasteiger partial charge in [0.25, 0.3) is 0 Å². The maximum atomic E-state index is 9.26. The van der Waals surface area contributed by atoms with Gasteiger partial charge >= 0.3 is 0 Å². The first kappa shape index (κ1) is 16.7. The number of hydrogen-bond donors (Lipinski definition) is 2. The SMILES string of the molecule is OCCc1conc1C(NCc1ccccc1)c1ccccc1Cl. The minimum Gasteiger partial charge on any atom is -0.396 e. The molecule has 24 heavy (non-hydrogen) atoms. The fraction of sp³-hybridized carbons (Fsp3) is 0.211. The van der Waals surface area contributed by atoms with Crippen molar-refractivity contribution in [2.45, 2.75) is 19.0 Å². The summed E-state index contributed by atoms with van der Waals surface area (Å²) in [7, 11) is 0. The van der Waals surface area contributed by atoms with Crippen molar-refractivity contribution in [3.05, 3.63) is 88.3 Å². The molecule has 2 aromatic carbocycles. The highest BCUT2D eigenvalue weighted by atomic mass is 35.5. The largest absolute Gasteiger partial charge is 0.396 e. The molecule has 1 heterocycles. The molecule has 0 radical (unpaired) electrons. The van der Waals surface area contributed by atoms with Crippen molar-refractivity contribution < 1.29 is 9.63 Å². The predicted octanol–water partition coefficient (Wildman–Crippen LogP) is 3.74. The second-order valence-corrected chi connectivity index (χ2v) is 5.93. The van der Waals surface area contributed by atoms with E-state index >= 15 is 0 Å². The number of nitrogens with zero attached hydrogens (tertiary/aromatic N) is 1. The minimum atomic E-state index is -0.209. The Labute approximate surface area is 146 Å². The Balaban J connectivity index is 1.92. The molecule has 3 rings (SSSR count). The number of halogens is 1. The van der Waals surface area contributed by atoms with Crippen molar-refractivity contribution in [3.8, 4) is 0 Å². The lowest BCUT2D eigenvalue weighted by Gasteiger charge is -2.19. The Morgan fingerprint density at radius 1 is 1.08 bits per heavy atom. The molecular weight excluding hydrogens is 324 g/mol. The normalized spacial score (nSPS) is 12.2. The van der Waals surface area contributed by atoms with Crippen LogP contribution in [0.15, 0.2) is 65.4 Å². The Bertz CT molecular complexity index is 774. The summed E-state index contributed by atoms with van der Waals surface area (Å²) in [6.45, 7) is 0.713. The van der Waals surface area contributed by atoms with E-state index in [1.165, 1.54) is 5.56 Å². The van der Waals surface area contributed by atoms with Gasteiger partial charge in [0.2, 0.25) is 0 Å². The van der Waals surface area contributed by atoms with Crippen molar-refractivity contribution in [2.24, 2.45) is 0 Å². The number of benzene rings is 2. The highest BCUT2D eigenvalue weighted by Gasteiger charge is 2.22. The molecule has 0 aliphatic carbocycles. The standard InChI is InChI=1S/C19H19ClN2O2/c20-17-9-5-4-8-16(17)19(18-15(10-11-23)13-24-22-18)21-12-14-6-2-1-3-7-14/h1-9,13,19,21,23H,10-12H2. The molecule has 0 amide bonds. The molecule has 1 atom stereocenters. The summed E-state index contributed by atoms with van der Waals surface area (Å²) in [5.41, 5.74) is 3.74. The molecule has 0 fully saturated rings. The molecule has 0 saturated carbocycles. The molecule has 2 N–H and O–H groups in total. The molecule has 1 aromatic heterocycles. The van der Waals surface area contributed by atoms with Crippen LogP contribution in [0.25, 0.3) is 0 Å². The lowest BCUT2D eigenvalue weighted by atomic mass is 9.99. The average molecular weight is 343 g/mol. The fourth-order valence-electron chi connectivity index (χ4n) is 2.69. The molecule has 124 valence electrons. The summed E-state index contributed by atoms with van der Waals surface area (Å²) in [6.07, 6.45) is 2.08. The maximum absolute atomic E-state index is 9.26. The third kappa shape index (κ3) is 3.85. The van der Waals surface area contributed by atoms with E-state index in [0.717, 1.165) is 16.8 Å². The van der Waals surface area contributed by atoms with Crippen LogP contribution in [0.2, 0.25) is 5.02 Å². The van der Waals surface area contributed by atoms with Gasteiger partial charge in [0.1, 0.15) is 12.0 Å². The van der Waals surface area contributed by atoms with Crippen LogP contribution in [0.4, 0.5) is 0 Å². The molecular formula is C19H19ClN2O2. The zero-order chi connectivity index (χ0) is 16.8. The summed E-state index contributed by atoms with van der Waals surface area (Å²) in [5.74, 6) is 0. The van der Waals surface area contributed by atoms with E-state index in [1.54, 1.807) is 6.26 Å². The molecule has 4 nitrogen and oxygen atoms in total. The highest BCUT2D eigenvalue weighted by molar-refractivity contribution is 6.31. The number of aliphatic hydroxyl groups excluding tert-OH is 1. The van der Waals surface area contributed by atoms with Gasteiger partial charge in [0, 0.05) is 30.2 Å². The van der Waals surface area contributed by atoms with Gasteiger partial charge in [-0.1, -0.05) is 65.3 Å². The number of hydrogen-bond acceptors (Lipinski definition) is 4. The van der Waals surface area contributed by atoms with E-state index in [9.17, 15) is 5.11 Å². The van der Waals surface area contributed by atoms with Gasteiger partial charge in [-0.3, -0.25) is 0 Å². The van der Waals surface area contributed by atoms with Crippen LogP contribution in [-0.4, -0.2) is 16.9 Å². The van der Waals surface area contributed by atoms with E-state index in [4.69, 9.17) is 16.1 Å². The van der Waals surface area contributed by atoms with Gasteiger partial charge in [-0.15, -0.1) is 0 Å². The second kappa shape index (κ2) is 8.11. The summed E-state index contributed by atoms with van der Waals surface area (Å²) in [4.78, 5) is 0. The van der Waals surface area contributed by atoms with Crippen LogP contribution in [0.5, 0.6) is 0 Å². The van der Waals surface area contributed by atoms with Gasteiger partial charge in [0.15, 0.2) is 0 Å². The van der Waals surface area contributed by atoms with E-state index < -0.39 is 0 Å². The fourth-order valence-corrected chi connectivity index (χ4v) is 2.94. The quantitative estimate of drug-likeness (QED) is 0.686. The summed E-state index contributed by atoms with van der Waals surface area (Å²) in [5, 5.41) is 17.6. The summed E-state index contributed by atoms with van der Waals surface area (Å²) >= 11 is 6.40. The topological polar surface area (TPSA) is 58.3 Å². The molecule has 0 aliphatic heterocycles. The number of nitrogens with one attached hydrogen (secondary N) is 1. The lowest BCUT2D eigenvalue weighted by Crippen LogP contribution is -2.24. The number of rotatable bonds is 7. The van der Waals surface area contributed by atoms with Crippen molar-refractivity contribution in [1.29, 1.82) is 0 Å². The molecule has 1 unspecified atom stereocenters. The predicted molar refractivity (Wildman–Crippen MR) is 93.9 cm³/mol. The van der Waals surface area contributed by atoms with Crippen molar-refractivity contribution in [3.63, 3.8) is 0 Å². The molecule has 0 spiro atoms. The molecule has 3 aromatic rings. The molecule has 0 aliphatic rings. The highest BCUT2D eigenvalue weighted by Crippen LogP contribution is 2.30. The third-order valence-electron chi connectivity index (χ3n) is 3.90. The number of aliphatic hydroxyl groups is 1. The Morgan fingerprint density at radius 2 is 1.83 bits per heavy atom. The van der Waals surface area contributed by atoms with Crippen LogP contribution in [0.1, 0.15) is 28.4 Å². The van der Waals surface area contributed by atoms with Crippen LogP contribution >= 0.6 is 11.6 Å². The van der Waals surface area contributed by atoms with Crippen LogP contribution in [-0.2, 0) is 13.0 Å². The Hall–Kier alpha value is -2.14. The lowest BCUT2D eigenvalue weighted by molar-refractivity contribution is 0.298. The Kier molecular flexibility index (Phi) is 5.64. The van der Waals surface area contributed by atoms with E-state index in [-0.39, 0.29) is 12.6 Å². The van der Waals surface area contributed by atoms with Crippen molar-refractivity contribution in [2.75, 3.05) is 6.61 Å². The van der Waals surface area contributed by atoms with Gasteiger partial charge in [-0.25, -0.2) is 0 Å². The minimum absolute atomic E-state index is 0.0438. The smallest absolute Gasteiger partial charge is 0.127 e. The van der Waals surface area contributed by atoms with Gasteiger partial charge < -0.3 is 14.9 Å². The average Bonchev–Trinajstić information content (AvgIpc) is 3.06. The first-order chi connectivity index (χ1) is 11.8. The van der Waals surface area contributed by atoms with Crippen LogP contribution in [0.3, 0.4) is 0 Å². The maximum Gasteiger partial charge on any atom is 0.127 e. The zero-order valence-electron chi connectivity index (χ0n) is 13.2. The first-order valence-electron chi connectivity index (χ1n) is 7.85. The van der Waals surface area contributed by atoms with Gasteiger partial charge in [0.05, 0.1) is 6.04 Å². The summed E-state index contributed by atoms with van der Waals surface area (Å²) in [6, 6.07) is 17.6.